The van der Waals surface area contributed by atoms with Gasteiger partial charge in [-0.2, -0.15) is 0 Å². The molecular weight excluding hydrogens is 714 g/mol. The summed E-state index contributed by atoms with van der Waals surface area (Å²) in [5, 5.41) is 2.19. The molecule has 1 heterocycles. The van der Waals surface area contributed by atoms with Crippen LogP contribution in [-0.4, -0.2) is 0 Å². The fourth-order valence-electron chi connectivity index (χ4n) is 1.24. The zero-order chi connectivity index (χ0) is 11.7. The maximum Gasteiger partial charge on any atom is 1.00 e. The largest absolute Gasteiger partial charge is 1.00 e. The molecule has 1 aliphatic rings. The zero-order valence-corrected chi connectivity index (χ0v) is 46.4. The monoisotopic (exact) mass is 735 g/mol. The number of halogens is 1. The maximum atomic E-state index is 12.0. The van der Waals surface area contributed by atoms with Crippen LogP contribution in [-0.2, 0) is 0 Å². The minimum Gasteiger partial charge on any atom is -1.00 e. The first-order valence-corrected chi connectivity index (χ1v) is 5.49. The summed E-state index contributed by atoms with van der Waals surface area (Å²) in [5.74, 6) is 0. The van der Waals surface area contributed by atoms with Gasteiger partial charge in [-0.05, 0) is 12.1 Å². The van der Waals surface area contributed by atoms with E-state index in [0.717, 1.165) is 10.4 Å². The summed E-state index contributed by atoms with van der Waals surface area (Å²) in [5.41, 5.74) is 0. The minimum atomic E-state index is 0. The van der Waals surface area contributed by atoms with E-state index in [1.165, 1.54) is 0 Å². The summed E-state index contributed by atoms with van der Waals surface area (Å²) in [7, 11) is 0. The number of benzene rings is 1. The third-order valence-electron chi connectivity index (χ3n) is 1.77. The van der Waals surface area contributed by atoms with Gasteiger partial charge in [0.2, 0.25) is 0 Å². The van der Waals surface area contributed by atoms with Crippen LogP contribution in [0.5, 0.6) is 0 Å². The van der Waals surface area contributed by atoms with Gasteiger partial charge in [0.05, 0.1) is 12.4 Å². The van der Waals surface area contributed by atoms with Crippen molar-refractivity contribution < 1.29 is 360 Å². The average Bonchev–Trinajstić information content (AvgIpc) is 2.77. The Bertz CT molecular complexity index is 360. The van der Waals surface area contributed by atoms with Gasteiger partial charge in [0.25, 0.3) is 0 Å². The molecule has 22 heavy (non-hydrogen) atoms. The third kappa shape index (κ3) is 25.9. The predicted molar refractivity (Wildman–Crippen MR) is 71.2 cm³/mol. The van der Waals surface area contributed by atoms with Crippen molar-refractivity contribution in [1.29, 1.82) is 0 Å². The van der Waals surface area contributed by atoms with Crippen molar-refractivity contribution in [2.45, 2.75) is 27.7 Å². The SMILES string of the molecule is CC.CC.F[CH-][NH+]1C=c2ccccc2=C1.[CH3-].[H-].[Rb+].[Rb+].[Rb+].[Rb+].[Rb+].[Rb+]. The number of nitrogens with one attached hydrogen (secondary N) is 1. The van der Waals surface area contributed by atoms with E-state index in [0.29, 0.717) is 11.7 Å². The summed E-state index contributed by atoms with van der Waals surface area (Å²) < 4.78 is 12.0. The summed E-state index contributed by atoms with van der Waals surface area (Å²) in [6, 6.07) is 7.85. The Kier molecular flexibility index (Phi) is 99.1. The van der Waals surface area contributed by atoms with E-state index in [1.807, 2.05) is 64.4 Å². The van der Waals surface area contributed by atoms with E-state index in [2.05, 4.69) is 0 Å². The van der Waals surface area contributed by atoms with Crippen molar-refractivity contribution >= 4 is 12.4 Å². The molecule has 8 heteroatoms. The molecule has 2 rings (SSSR count). The Morgan fingerprint density at radius 3 is 1.27 bits per heavy atom. The van der Waals surface area contributed by atoms with Crippen molar-refractivity contribution in [3.8, 4) is 0 Å². The van der Waals surface area contributed by atoms with Crippen LogP contribution >= 0.6 is 0 Å². The van der Waals surface area contributed by atoms with Gasteiger partial charge in [-0.25, -0.2) is 0 Å². The summed E-state index contributed by atoms with van der Waals surface area (Å²) in [4.78, 5) is 0.645. The van der Waals surface area contributed by atoms with Crippen LogP contribution in [0.4, 0.5) is 4.39 Å². The van der Waals surface area contributed by atoms with Gasteiger partial charge in [-0.1, -0.05) is 39.8 Å². The molecule has 0 radical (unpaired) electrons. The fraction of sp³-hybridized carbons (Fsp3) is 0.286. The number of hydrogen-bond acceptors (Lipinski definition) is 0. The molecular formula is C14H24FNRb6+4. The molecule has 0 bridgehead atoms. The second kappa shape index (κ2) is 41.0. The van der Waals surface area contributed by atoms with Crippen molar-refractivity contribution in [1.82, 2.24) is 0 Å². The molecule has 1 nitrogen and oxygen atoms in total. The molecule has 94 valence electrons. The van der Waals surface area contributed by atoms with Gasteiger partial charge in [0.1, 0.15) is 0 Å². The van der Waals surface area contributed by atoms with Gasteiger partial charge in [-0.15, -0.1) is 0 Å². The molecule has 0 fully saturated rings. The maximum absolute atomic E-state index is 12.0. The first-order chi connectivity index (χ1) is 7.40. The zero-order valence-electron chi connectivity index (χ0n) is 17.9. The Balaban J connectivity index is -0.0000000219. The van der Waals surface area contributed by atoms with Crippen molar-refractivity contribution in [2.24, 2.45) is 0 Å². The van der Waals surface area contributed by atoms with E-state index in [-0.39, 0.29) is 358 Å². The van der Waals surface area contributed by atoms with E-state index >= 15 is 0 Å². The van der Waals surface area contributed by atoms with E-state index in [4.69, 9.17) is 0 Å². The molecule has 1 N–H and O–H groups in total. The summed E-state index contributed by atoms with van der Waals surface area (Å²) in [6.07, 6.45) is 3.66. The molecule has 0 unspecified atom stereocenters. The molecule has 0 aromatic heterocycles. The smallest absolute Gasteiger partial charge is 1.00 e. The van der Waals surface area contributed by atoms with Crippen molar-refractivity contribution in [2.75, 3.05) is 0 Å². The van der Waals surface area contributed by atoms with Crippen molar-refractivity contribution in [3.63, 3.8) is 0 Å². The molecule has 0 atom stereocenters. The standard InChI is InChI=1S/C9H8FN.2C2H6.CH3.6Rb.H/c10-7-11-5-8-3-1-2-4-9(8)6-11;2*1-2;;;;;;;;/h1-7,11H;2*1-2H3;1H3;;;;;;;/q;;;-1;6*+1;-1. The molecule has 0 saturated carbocycles. The van der Waals surface area contributed by atoms with Crippen molar-refractivity contribution in [3.05, 3.63) is 48.9 Å². The number of rotatable bonds is 1. The second-order valence-corrected chi connectivity index (χ2v) is 2.53. The number of fused-ring (bicyclic) bond motifs is 1. The minimum absolute atomic E-state index is 0. The number of quaternary nitrogens is 1. The summed E-state index contributed by atoms with van der Waals surface area (Å²) in [6.45, 7) is 8.62. The molecule has 1 aromatic rings. The topological polar surface area (TPSA) is 4.44 Å². The molecule has 1 aromatic carbocycles. The fourth-order valence-corrected chi connectivity index (χ4v) is 1.24. The molecule has 1 aliphatic heterocycles. The quantitative estimate of drug-likeness (QED) is 0.216. The Labute approximate surface area is 432 Å². The number of hydrogen-bond donors (Lipinski definition) is 1. The Morgan fingerprint density at radius 1 is 0.773 bits per heavy atom. The molecule has 0 spiro atoms. The normalized spacial score (nSPS) is 8.23. The predicted octanol–water partition coefficient (Wildman–Crippen LogP) is -16.2. The van der Waals surface area contributed by atoms with E-state index < -0.39 is 0 Å². The average molecular weight is 738 g/mol. The van der Waals surface area contributed by atoms with Gasteiger partial charge in [0.15, 0.2) is 0 Å². The van der Waals surface area contributed by atoms with Crippen LogP contribution in [0.15, 0.2) is 24.3 Å². The van der Waals surface area contributed by atoms with Gasteiger partial charge in [0, 0.05) is 17.2 Å². The summed E-state index contributed by atoms with van der Waals surface area (Å²) >= 11 is 0. The third-order valence-corrected chi connectivity index (χ3v) is 1.77. The van der Waals surface area contributed by atoms with Gasteiger partial charge >= 0.3 is 349 Å². The van der Waals surface area contributed by atoms with Crippen LogP contribution in [0.1, 0.15) is 29.1 Å². The molecule has 0 aliphatic carbocycles. The van der Waals surface area contributed by atoms with Crippen LogP contribution < -0.4 is 364 Å². The van der Waals surface area contributed by atoms with Gasteiger partial charge < -0.3 is 18.1 Å². The Hall–Kier alpha value is 9.68. The Morgan fingerprint density at radius 2 is 1.05 bits per heavy atom. The second-order valence-electron chi connectivity index (χ2n) is 2.53. The first-order valence-electron chi connectivity index (χ1n) is 5.49. The van der Waals surface area contributed by atoms with E-state index in [9.17, 15) is 4.39 Å². The van der Waals surface area contributed by atoms with Crippen LogP contribution in [0.25, 0.3) is 12.4 Å². The van der Waals surface area contributed by atoms with Crippen LogP contribution in [0, 0.1) is 14.2 Å². The molecule has 0 amide bonds. The van der Waals surface area contributed by atoms with E-state index in [1.54, 1.807) is 0 Å². The van der Waals surface area contributed by atoms with Gasteiger partial charge in [-0.3, -0.25) is 0 Å². The van der Waals surface area contributed by atoms with Crippen LogP contribution in [0.3, 0.4) is 0 Å². The van der Waals surface area contributed by atoms with Crippen LogP contribution in [0.2, 0.25) is 0 Å². The first kappa shape index (κ1) is 53.2. The molecule has 0 saturated heterocycles.